The zero-order valence-electron chi connectivity index (χ0n) is 24.3. The predicted molar refractivity (Wildman–Crippen MR) is 161 cm³/mol. The summed E-state index contributed by atoms with van der Waals surface area (Å²) in [6, 6.07) is 18.6. The van der Waals surface area contributed by atoms with Gasteiger partial charge in [0.25, 0.3) is 11.8 Å². The van der Waals surface area contributed by atoms with E-state index < -0.39 is 0 Å². The number of rotatable bonds is 9. The summed E-state index contributed by atoms with van der Waals surface area (Å²) in [4.78, 5) is 40.5. The van der Waals surface area contributed by atoms with E-state index in [-0.39, 0.29) is 17.6 Å². The molecule has 0 aliphatic carbocycles. The molecular formula is C33H31N7O3. The molecule has 1 N–H and O–H groups in total. The molecule has 216 valence electrons. The maximum absolute atomic E-state index is 13.4. The van der Waals surface area contributed by atoms with Gasteiger partial charge in [0.05, 0.1) is 5.52 Å². The van der Waals surface area contributed by atoms with Gasteiger partial charge < -0.3 is 14.6 Å². The van der Waals surface area contributed by atoms with Gasteiger partial charge in [0.2, 0.25) is 5.82 Å². The molecule has 0 saturated heterocycles. The van der Waals surface area contributed by atoms with Gasteiger partial charge in [-0.2, -0.15) is 0 Å². The Kier molecular flexibility index (Phi) is 7.50. The first kappa shape index (κ1) is 27.9. The number of unbranched alkanes of at least 4 members (excludes halogenated alkanes) is 1. The maximum Gasteiger partial charge on any atom is 0.271 e. The molecule has 0 spiro atoms. The van der Waals surface area contributed by atoms with Gasteiger partial charge in [-0.1, -0.05) is 49.7 Å². The molecule has 2 amide bonds. The third-order valence-electron chi connectivity index (χ3n) is 7.75. The fraction of sp³-hybridized carbons (Fsp3) is 0.242. The lowest BCUT2D eigenvalue weighted by Crippen LogP contribution is -2.26. The summed E-state index contributed by atoms with van der Waals surface area (Å²) in [5.74, 6) is 0.721. The van der Waals surface area contributed by atoms with Gasteiger partial charge in [-0.3, -0.25) is 14.4 Å². The molecule has 0 fully saturated rings. The minimum absolute atomic E-state index is 0.00373. The average Bonchev–Trinajstić information content (AvgIpc) is 3.52. The highest BCUT2D eigenvalue weighted by atomic mass is 16.2. The zero-order valence-corrected chi connectivity index (χ0v) is 24.3. The van der Waals surface area contributed by atoms with Crippen molar-refractivity contribution in [2.75, 3.05) is 6.54 Å². The summed E-state index contributed by atoms with van der Waals surface area (Å²) < 4.78 is 1.90. The van der Waals surface area contributed by atoms with E-state index in [1.807, 2.05) is 58.0 Å². The average molecular weight is 574 g/mol. The molecule has 5 aromatic rings. The Morgan fingerprint density at radius 3 is 2.28 bits per heavy atom. The fourth-order valence-electron chi connectivity index (χ4n) is 5.41. The van der Waals surface area contributed by atoms with E-state index in [9.17, 15) is 14.4 Å². The molecule has 3 aromatic heterocycles. The van der Waals surface area contributed by atoms with E-state index in [1.54, 1.807) is 25.1 Å². The van der Waals surface area contributed by atoms with Gasteiger partial charge in [-0.15, -0.1) is 20.4 Å². The van der Waals surface area contributed by atoms with Crippen molar-refractivity contribution in [1.82, 2.24) is 35.0 Å². The molecule has 1 aliphatic rings. The Labute approximate surface area is 248 Å². The van der Waals surface area contributed by atoms with Crippen LogP contribution in [0.3, 0.4) is 0 Å². The summed E-state index contributed by atoms with van der Waals surface area (Å²) in [5.41, 5.74) is 7.04. The van der Waals surface area contributed by atoms with Crippen LogP contribution in [0.2, 0.25) is 0 Å². The van der Waals surface area contributed by atoms with Crippen LogP contribution >= 0.6 is 0 Å². The lowest BCUT2D eigenvalue weighted by Gasteiger charge is -2.16. The predicted octanol–water partition coefficient (Wildman–Crippen LogP) is 5.05. The monoisotopic (exact) mass is 573 g/mol. The largest absolute Gasteiger partial charge is 0.348 e. The first-order chi connectivity index (χ1) is 20.8. The van der Waals surface area contributed by atoms with Crippen molar-refractivity contribution in [2.45, 2.75) is 46.7 Å². The number of pyridine rings is 1. The minimum atomic E-state index is -0.197. The number of benzene rings is 2. The van der Waals surface area contributed by atoms with Crippen LogP contribution in [0, 0.1) is 6.92 Å². The smallest absolute Gasteiger partial charge is 0.271 e. The van der Waals surface area contributed by atoms with E-state index >= 15 is 0 Å². The molecule has 0 radical (unpaired) electrons. The Morgan fingerprint density at radius 2 is 1.60 bits per heavy atom. The maximum atomic E-state index is 13.4. The number of nitrogens with one attached hydrogen (secondary N) is 1. The molecule has 1 aliphatic heterocycles. The highest BCUT2D eigenvalue weighted by Crippen LogP contribution is 2.39. The zero-order chi connectivity index (χ0) is 30.1. The quantitative estimate of drug-likeness (QED) is 0.245. The Hall–Kier alpha value is -5.25. The summed E-state index contributed by atoms with van der Waals surface area (Å²) >= 11 is 0. The second kappa shape index (κ2) is 11.6. The molecule has 6 rings (SSSR count). The van der Waals surface area contributed by atoms with Crippen LogP contribution in [-0.2, 0) is 13.1 Å². The number of hydrogen-bond acceptors (Lipinski definition) is 7. The third-order valence-corrected chi connectivity index (χ3v) is 7.75. The number of nitrogens with zero attached hydrogens (tertiary/aromatic N) is 6. The fourth-order valence-corrected chi connectivity index (χ4v) is 5.41. The number of carbonyl (C=O) groups is 3. The van der Waals surface area contributed by atoms with Crippen LogP contribution in [0.1, 0.15) is 74.8 Å². The van der Waals surface area contributed by atoms with Crippen LogP contribution in [0.15, 0.2) is 66.9 Å². The van der Waals surface area contributed by atoms with Gasteiger partial charge in [0.15, 0.2) is 11.6 Å². The van der Waals surface area contributed by atoms with Crippen molar-refractivity contribution >= 4 is 23.1 Å². The van der Waals surface area contributed by atoms with Gasteiger partial charge in [-0.05, 0) is 55.7 Å². The number of amides is 2. The number of aryl methyl sites for hydroxylation is 1. The first-order valence-electron chi connectivity index (χ1n) is 14.3. The van der Waals surface area contributed by atoms with Crippen molar-refractivity contribution in [2.24, 2.45) is 0 Å². The molecule has 0 saturated carbocycles. The van der Waals surface area contributed by atoms with E-state index in [2.05, 4.69) is 32.6 Å². The lowest BCUT2D eigenvalue weighted by atomic mass is 9.99. The van der Waals surface area contributed by atoms with E-state index in [0.717, 1.165) is 46.2 Å². The van der Waals surface area contributed by atoms with Gasteiger partial charge in [-0.25, -0.2) is 0 Å². The van der Waals surface area contributed by atoms with Crippen LogP contribution < -0.4 is 5.32 Å². The number of hydrogen-bond donors (Lipinski definition) is 1. The third kappa shape index (κ3) is 5.39. The summed E-state index contributed by atoms with van der Waals surface area (Å²) in [6.45, 7) is 6.95. The summed E-state index contributed by atoms with van der Waals surface area (Å²) in [6.07, 6.45) is 3.75. The Balaban J connectivity index is 1.22. The second-order valence-corrected chi connectivity index (χ2v) is 10.7. The molecule has 0 atom stereocenters. The molecule has 4 heterocycles. The number of fused-ring (bicyclic) bond motifs is 3. The number of ketones is 1. The number of aromatic nitrogens is 5. The molecular weight excluding hydrogens is 542 g/mol. The van der Waals surface area contributed by atoms with Crippen LogP contribution in [-0.4, -0.2) is 53.8 Å². The van der Waals surface area contributed by atoms with Crippen LogP contribution in [0.5, 0.6) is 0 Å². The molecule has 10 nitrogen and oxygen atoms in total. The molecule has 0 unspecified atom stereocenters. The Morgan fingerprint density at radius 1 is 0.907 bits per heavy atom. The second-order valence-electron chi connectivity index (χ2n) is 10.7. The van der Waals surface area contributed by atoms with Crippen molar-refractivity contribution in [3.63, 3.8) is 0 Å². The van der Waals surface area contributed by atoms with Crippen molar-refractivity contribution in [1.29, 1.82) is 0 Å². The number of Topliss-reactive ketones (excluding diaryl/α,β-unsaturated/α-hetero) is 1. The van der Waals surface area contributed by atoms with Crippen molar-refractivity contribution in [3.05, 3.63) is 101 Å². The van der Waals surface area contributed by atoms with E-state index in [1.165, 1.54) is 6.92 Å². The van der Waals surface area contributed by atoms with E-state index in [0.29, 0.717) is 48.1 Å². The normalized spacial score (nSPS) is 12.5. The molecule has 10 heteroatoms. The molecule has 2 aromatic carbocycles. The van der Waals surface area contributed by atoms with Crippen LogP contribution in [0.25, 0.3) is 28.0 Å². The van der Waals surface area contributed by atoms with Gasteiger partial charge >= 0.3 is 0 Å². The molecule has 43 heavy (non-hydrogen) atoms. The standard InChI is InChI=1S/C33H31N7O3/c1-4-5-15-39-19-27-29(28-17-26(20(2)41)14-16-40(28)30(27)33(39)43)23-10-12-25(13-11-23)32(42)34-18-22-6-8-24(9-7-22)31-37-35-21(3)36-38-31/h6-14,16-17H,4-5,15,18-19H2,1-3H3,(H,34,42). The highest BCUT2D eigenvalue weighted by Gasteiger charge is 2.34. The highest BCUT2D eigenvalue weighted by molar-refractivity contribution is 6.05. The van der Waals surface area contributed by atoms with Crippen molar-refractivity contribution < 1.29 is 14.4 Å². The van der Waals surface area contributed by atoms with Gasteiger partial charge in [0, 0.05) is 53.6 Å². The molecule has 0 bridgehead atoms. The topological polar surface area (TPSA) is 122 Å². The first-order valence-corrected chi connectivity index (χ1v) is 14.3. The summed E-state index contributed by atoms with van der Waals surface area (Å²) in [7, 11) is 0. The lowest BCUT2D eigenvalue weighted by molar-refractivity contribution is 0.0770. The SMILES string of the molecule is CCCCN1Cc2c(-c3ccc(C(=O)NCc4ccc(-c5nnc(C)nn5)cc4)cc3)c3cc(C(C)=O)ccn3c2C1=O. The summed E-state index contributed by atoms with van der Waals surface area (Å²) in [5, 5.41) is 19.0. The van der Waals surface area contributed by atoms with Gasteiger partial charge in [0.1, 0.15) is 5.69 Å². The minimum Gasteiger partial charge on any atom is -0.348 e. The van der Waals surface area contributed by atoms with Crippen LogP contribution in [0.4, 0.5) is 0 Å². The Bertz CT molecular complexity index is 1840. The van der Waals surface area contributed by atoms with Crippen molar-refractivity contribution in [3.8, 4) is 22.5 Å². The number of carbonyl (C=O) groups excluding carboxylic acids is 3. The van der Waals surface area contributed by atoms with E-state index in [4.69, 9.17) is 0 Å².